The average molecular weight is 279 g/mol. The summed E-state index contributed by atoms with van der Waals surface area (Å²) in [5, 5.41) is 0.655. The number of rotatable bonds is 2. The molecule has 5 heteroatoms. The van der Waals surface area contributed by atoms with Gasteiger partial charge in [-0.3, -0.25) is 9.36 Å². The molecule has 100 valence electrons. The Morgan fingerprint density at radius 2 is 2.05 bits per heavy atom. The van der Waals surface area contributed by atoms with Crippen LogP contribution in [0.15, 0.2) is 29.1 Å². The first-order valence-electron chi connectivity index (χ1n) is 6.45. The predicted molar refractivity (Wildman–Crippen MR) is 74.7 cm³/mol. The van der Waals surface area contributed by atoms with Gasteiger partial charge in [-0.25, -0.2) is 4.98 Å². The van der Waals surface area contributed by atoms with Crippen molar-refractivity contribution in [1.82, 2.24) is 9.55 Å². The predicted octanol–water partition coefficient (Wildman–Crippen LogP) is 2.49. The lowest BCUT2D eigenvalue weighted by molar-refractivity contribution is 0.0679. The van der Waals surface area contributed by atoms with E-state index < -0.39 is 0 Å². The van der Waals surface area contributed by atoms with Gasteiger partial charge in [-0.15, -0.1) is 11.6 Å². The van der Waals surface area contributed by atoms with Crippen molar-refractivity contribution in [2.75, 3.05) is 13.2 Å². The van der Waals surface area contributed by atoms with Gasteiger partial charge in [-0.2, -0.15) is 0 Å². The van der Waals surface area contributed by atoms with Crippen molar-refractivity contribution < 1.29 is 4.74 Å². The number of aromatic nitrogens is 2. The van der Waals surface area contributed by atoms with Crippen molar-refractivity contribution in [3.63, 3.8) is 0 Å². The van der Waals surface area contributed by atoms with Gasteiger partial charge in [-0.1, -0.05) is 12.1 Å². The molecule has 19 heavy (non-hydrogen) atoms. The molecule has 1 fully saturated rings. The summed E-state index contributed by atoms with van der Waals surface area (Å²) in [6, 6.07) is 7.55. The van der Waals surface area contributed by atoms with Crippen molar-refractivity contribution in [3.05, 3.63) is 40.4 Å². The van der Waals surface area contributed by atoms with Gasteiger partial charge >= 0.3 is 0 Å². The Labute approximate surface area is 116 Å². The Bertz CT molecular complexity index is 647. The molecule has 0 radical (unpaired) electrons. The van der Waals surface area contributed by atoms with Gasteiger partial charge in [0.25, 0.3) is 5.56 Å². The van der Waals surface area contributed by atoms with Crippen molar-refractivity contribution in [2.45, 2.75) is 24.8 Å². The Balaban J connectivity index is 2.21. The number of benzene rings is 1. The van der Waals surface area contributed by atoms with Crippen LogP contribution in [0.4, 0.5) is 0 Å². The number of hydrogen-bond donors (Lipinski definition) is 0. The molecule has 4 nitrogen and oxygen atoms in total. The quantitative estimate of drug-likeness (QED) is 0.793. The second-order valence-electron chi connectivity index (χ2n) is 4.70. The van der Waals surface area contributed by atoms with Gasteiger partial charge in [0.1, 0.15) is 5.82 Å². The van der Waals surface area contributed by atoms with E-state index in [1.807, 2.05) is 24.3 Å². The molecule has 1 aliphatic heterocycles. The van der Waals surface area contributed by atoms with Crippen LogP contribution < -0.4 is 5.56 Å². The Morgan fingerprint density at radius 1 is 1.32 bits per heavy atom. The highest BCUT2D eigenvalue weighted by molar-refractivity contribution is 6.16. The van der Waals surface area contributed by atoms with E-state index >= 15 is 0 Å². The zero-order valence-corrected chi connectivity index (χ0v) is 11.3. The third-order valence-corrected chi connectivity index (χ3v) is 3.80. The van der Waals surface area contributed by atoms with E-state index in [4.69, 9.17) is 16.3 Å². The average Bonchev–Trinajstić information content (AvgIpc) is 2.48. The molecule has 0 aliphatic carbocycles. The smallest absolute Gasteiger partial charge is 0.261 e. The zero-order chi connectivity index (χ0) is 13.2. The highest BCUT2D eigenvalue weighted by atomic mass is 35.5. The van der Waals surface area contributed by atoms with Crippen LogP contribution in [0.25, 0.3) is 10.9 Å². The zero-order valence-electron chi connectivity index (χ0n) is 10.5. The van der Waals surface area contributed by atoms with Crippen LogP contribution in [-0.2, 0) is 10.6 Å². The van der Waals surface area contributed by atoms with Crippen LogP contribution >= 0.6 is 11.6 Å². The second-order valence-corrected chi connectivity index (χ2v) is 4.96. The van der Waals surface area contributed by atoms with Crippen molar-refractivity contribution in [2.24, 2.45) is 0 Å². The number of alkyl halides is 1. The Kier molecular flexibility index (Phi) is 3.53. The monoisotopic (exact) mass is 278 g/mol. The summed E-state index contributed by atoms with van der Waals surface area (Å²) in [5.74, 6) is 0.898. The number of hydrogen-bond acceptors (Lipinski definition) is 3. The molecule has 1 aliphatic rings. The fourth-order valence-electron chi connectivity index (χ4n) is 2.61. The summed E-state index contributed by atoms with van der Waals surface area (Å²) < 4.78 is 7.12. The third-order valence-electron chi connectivity index (χ3n) is 3.56. The largest absolute Gasteiger partial charge is 0.381 e. The van der Waals surface area contributed by atoms with E-state index in [1.165, 1.54) is 0 Å². The summed E-state index contributed by atoms with van der Waals surface area (Å²) in [6.07, 6.45) is 1.67. The molecule has 3 rings (SSSR count). The number of ether oxygens (including phenoxy) is 1. The Hall–Kier alpha value is -1.39. The summed E-state index contributed by atoms with van der Waals surface area (Å²) in [5.41, 5.74) is 0.722. The first-order chi connectivity index (χ1) is 9.31. The van der Waals surface area contributed by atoms with Crippen molar-refractivity contribution >= 4 is 22.5 Å². The van der Waals surface area contributed by atoms with Crippen molar-refractivity contribution in [1.29, 1.82) is 0 Å². The normalized spacial score (nSPS) is 16.9. The lowest BCUT2D eigenvalue weighted by Crippen LogP contribution is -2.32. The second kappa shape index (κ2) is 5.31. The highest BCUT2D eigenvalue weighted by Crippen LogP contribution is 2.22. The van der Waals surface area contributed by atoms with Gasteiger partial charge in [0.2, 0.25) is 0 Å². The lowest BCUT2D eigenvalue weighted by Gasteiger charge is -2.26. The fourth-order valence-corrected chi connectivity index (χ4v) is 2.79. The van der Waals surface area contributed by atoms with Gasteiger partial charge in [0.05, 0.1) is 16.8 Å². The molecular formula is C14H15ClN2O2. The lowest BCUT2D eigenvalue weighted by atomic mass is 10.1. The fraction of sp³-hybridized carbons (Fsp3) is 0.429. The van der Waals surface area contributed by atoms with Crippen molar-refractivity contribution in [3.8, 4) is 0 Å². The molecule has 0 atom stereocenters. The van der Waals surface area contributed by atoms with Gasteiger partial charge in [0.15, 0.2) is 0 Å². The van der Waals surface area contributed by atoms with E-state index in [0.717, 1.165) is 12.8 Å². The van der Waals surface area contributed by atoms with Gasteiger partial charge in [0, 0.05) is 19.3 Å². The van der Waals surface area contributed by atoms with E-state index in [0.29, 0.717) is 29.9 Å². The molecule has 0 saturated carbocycles. The number of nitrogens with zero attached hydrogens (tertiary/aromatic N) is 2. The number of fused-ring (bicyclic) bond motifs is 1. The number of halogens is 1. The minimum atomic E-state index is 0.00755. The van der Waals surface area contributed by atoms with Crippen LogP contribution in [0.5, 0.6) is 0 Å². The van der Waals surface area contributed by atoms with E-state index in [1.54, 1.807) is 4.57 Å². The topological polar surface area (TPSA) is 44.1 Å². The highest BCUT2D eigenvalue weighted by Gasteiger charge is 2.21. The number of para-hydroxylation sites is 1. The van der Waals surface area contributed by atoms with Gasteiger partial charge in [-0.05, 0) is 25.0 Å². The standard InChI is InChI=1S/C14H15ClN2O2/c15-9-13-16-12-4-2-1-3-11(12)14(18)17(13)10-5-7-19-8-6-10/h1-4,10H,5-9H2. The molecule has 2 heterocycles. The summed E-state index contributed by atoms with van der Waals surface area (Å²) >= 11 is 5.97. The molecule has 0 amide bonds. The Morgan fingerprint density at radius 3 is 2.79 bits per heavy atom. The molecule has 2 aromatic rings. The SMILES string of the molecule is O=c1c2ccccc2nc(CCl)n1C1CCOCC1. The maximum Gasteiger partial charge on any atom is 0.261 e. The van der Waals surface area contributed by atoms with E-state index in [-0.39, 0.29) is 17.5 Å². The minimum Gasteiger partial charge on any atom is -0.381 e. The molecule has 0 N–H and O–H groups in total. The van der Waals surface area contributed by atoms with Crippen LogP contribution in [0.2, 0.25) is 0 Å². The van der Waals surface area contributed by atoms with Crippen LogP contribution in [0.3, 0.4) is 0 Å². The maximum absolute atomic E-state index is 12.6. The molecule has 0 spiro atoms. The summed E-state index contributed by atoms with van der Waals surface area (Å²) in [4.78, 5) is 17.2. The molecular weight excluding hydrogens is 264 g/mol. The first kappa shape index (κ1) is 12.6. The molecule has 0 bridgehead atoms. The minimum absolute atomic E-state index is 0.00755. The van der Waals surface area contributed by atoms with Gasteiger partial charge < -0.3 is 4.74 Å². The van der Waals surface area contributed by atoms with Crippen LogP contribution in [0, 0.1) is 0 Å². The van der Waals surface area contributed by atoms with Crippen LogP contribution in [0.1, 0.15) is 24.7 Å². The van der Waals surface area contributed by atoms with Crippen LogP contribution in [-0.4, -0.2) is 22.8 Å². The first-order valence-corrected chi connectivity index (χ1v) is 6.98. The molecule has 1 saturated heterocycles. The maximum atomic E-state index is 12.6. The molecule has 1 aromatic heterocycles. The van der Waals surface area contributed by atoms with E-state index in [9.17, 15) is 4.79 Å². The third kappa shape index (κ3) is 2.26. The van der Waals surface area contributed by atoms with E-state index in [2.05, 4.69) is 4.98 Å². The summed E-state index contributed by atoms with van der Waals surface area (Å²) in [6.45, 7) is 1.37. The molecule has 0 unspecified atom stereocenters. The summed E-state index contributed by atoms with van der Waals surface area (Å²) in [7, 11) is 0. The molecule has 1 aromatic carbocycles.